The molecule has 2 N–H and O–H groups in total. The van der Waals surface area contributed by atoms with E-state index in [1.807, 2.05) is 93.5 Å². The Morgan fingerprint density at radius 1 is 0.889 bits per heavy atom. The maximum Gasteiger partial charge on any atom is 2.00 e. The Labute approximate surface area is 216 Å². The summed E-state index contributed by atoms with van der Waals surface area (Å²) in [5, 5.41) is 0. The number of benzene rings is 1. The van der Waals surface area contributed by atoms with Crippen molar-refractivity contribution in [2.45, 2.75) is 6.54 Å². The Hall–Kier alpha value is -2.88. The summed E-state index contributed by atoms with van der Waals surface area (Å²) in [5.74, 6) is 0. The molecule has 36 heavy (non-hydrogen) atoms. The third kappa shape index (κ3) is 15.2. The van der Waals surface area contributed by atoms with Crippen LogP contribution in [0.2, 0.25) is 0 Å². The molecule has 0 unspecified atom stereocenters. The van der Waals surface area contributed by atoms with Crippen molar-refractivity contribution in [3.8, 4) is 11.4 Å². The van der Waals surface area contributed by atoms with Crippen LogP contribution < -0.4 is 14.9 Å². The summed E-state index contributed by atoms with van der Waals surface area (Å²) < 4.78 is 74.3. The van der Waals surface area contributed by atoms with Crippen LogP contribution in [-0.2, 0) is 44.8 Å². The number of hydrogen-bond donors (Lipinski definition) is 1. The second-order valence-electron chi connectivity index (χ2n) is 6.66. The maximum absolute atomic E-state index is 10.7. The number of nitrogens with zero attached hydrogens (tertiary/aromatic N) is 5. The zero-order valence-electron chi connectivity index (χ0n) is 18.8. The van der Waals surface area contributed by atoms with E-state index in [1.165, 1.54) is 0 Å². The topological polar surface area (TPSA) is 76.4 Å². The summed E-state index contributed by atoms with van der Waals surface area (Å²) in [7, 11) is -6.77. The van der Waals surface area contributed by atoms with Gasteiger partial charge in [-0.15, -0.1) is 0 Å². The fraction of sp³-hybridized carbons (Fsp3) is 0.143. The summed E-state index contributed by atoms with van der Waals surface area (Å²) in [4.78, 5) is 3.97. The van der Waals surface area contributed by atoms with Gasteiger partial charge in [0, 0.05) is 37.5 Å². The molecule has 0 aliphatic rings. The molecule has 0 atom stereocenters. The summed E-state index contributed by atoms with van der Waals surface area (Å²) in [6.45, 7) is 5.03. The van der Waals surface area contributed by atoms with Crippen molar-refractivity contribution < 1.29 is 58.4 Å². The zero-order valence-corrected chi connectivity index (χ0v) is 21.5. The predicted molar refractivity (Wildman–Crippen MR) is 114 cm³/mol. The summed E-state index contributed by atoms with van der Waals surface area (Å²) >= 11 is 0. The van der Waals surface area contributed by atoms with Crippen LogP contribution in [0.3, 0.4) is 0 Å². The van der Waals surface area contributed by atoms with Crippen LogP contribution in [0.15, 0.2) is 67.4 Å². The van der Waals surface area contributed by atoms with Crippen LogP contribution in [0.5, 0.6) is 0 Å². The number of nitrogens with two attached hydrogens (primary N) is 1. The molecule has 0 aliphatic carbocycles. The van der Waals surface area contributed by atoms with E-state index in [9.17, 15) is 25.2 Å². The molecule has 0 saturated carbocycles. The van der Waals surface area contributed by atoms with E-state index in [2.05, 4.69) is 30.4 Å². The van der Waals surface area contributed by atoms with Gasteiger partial charge >= 0.3 is 63.8 Å². The molecule has 0 amide bonds. The van der Waals surface area contributed by atoms with E-state index < -0.39 is 7.81 Å². The molecule has 0 aliphatic heterocycles. The van der Waals surface area contributed by atoms with Crippen molar-refractivity contribution in [2.75, 3.05) is 0 Å². The van der Waals surface area contributed by atoms with Crippen molar-refractivity contribution in [3.05, 3.63) is 98.4 Å². The number of halogens is 6. The maximum atomic E-state index is 9.87. The normalized spacial score (nSPS) is 12.0. The minimum Gasteiger partial charge on any atom is 2.00 e. The van der Waals surface area contributed by atoms with Crippen LogP contribution >= 0.6 is 7.81 Å². The first-order valence-electron chi connectivity index (χ1n) is 9.43. The average Bonchev–Trinajstić information content (AvgIpc) is 3.42. The third-order valence-electron chi connectivity index (χ3n) is 3.63. The van der Waals surface area contributed by atoms with Crippen LogP contribution in [0, 0.1) is 25.4 Å². The third-order valence-corrected chi connectivity index (χ3v) is 3.63. The van der Waals surface area contributed by atoms with Gasteiger partial charge in [0.1, 0.15) is 0 Å². The Morgan fingerprint density at radius 3 is 1.61 bits per heavy atom. The zero-order chi connectivity index (χ0) is 26.8. The van der Waals surface area contributed by atoms with Gasteiger partial charge in [0.25, 0.3) is 0 Å². The van der Waals surface area contributed by atoms with Crippen molar-refractivity contribution in [2.24, 2.45) is 19.8 Å². The van der Waals surface area contributed by atoms with Crippen molar-refractivity contribution in [3.63, 3.8) is 0 Å². The first-order chi connectivity index (χ1) is 16.1. The molecule has 0 bridgehead atoms. The number of pyridine rings is 1. The monoisotopic (exact) mass is 620 g/mol. The van der Waals surface area contributed by atoms with E-state index >= 15 is 0 Å². The van der Waals surface area contributed by atoms with Gasteiger partial charge in [-0.1, -0.05) is 17.4 Å². The van der Waals surface area contributed by atoms with Crippen LogP contribution in [0.1, 0.15) is 5.69 Å². The van der Waals surface area contributed by atoms with Crippen molar-refractivity contribution in [1.82, 2.24) is 14.1 Å². The number of aromatic nitrogens is 5. The number of imidazole rings is 2. The van der Waals surface area contributed by atoms with Crippen molar-refractivity contribution >= 4 is 7.81 Å². The predicted octanol–water partition coefficient (Wildman–Crippen LogP) is 4.20. The van der Waals surface area contributed by atoms with Crippen LogP contribution in [0.25, 0.3) is 11.4 Å². The van der Waals surface area contributed by atoms with E-state index in [4.69, 9.17) is 10.4 Å². The second kappa shape index (κ2) is 12.9. The first-order valence-corrected chi connectivity index (χ1v) is 11.5. The molecule has 3 aromatic heterocycles. The minimum absolute atomic E-state index is 0. The Morgan fingerprint density at radius 2 is 1.33 bits per heavy atom. The fourth-order valence-corrected chi connectivity index (χ4v) is 2.32. The fourth-order valence-electron chi connectivity index (χ4n) is 2.32. The van der Waals surface area contributed by atoms with Gasteiger partial charge in [-0.3, -0.25) is 4.98 Å². The van der Waals surface area contributed by atoms with Gasteiger partial charge in [-0.25, -0.2) is 0 Å². The molecule has 4 aromatic rings. The quantitative estimate of drug-likeness (QED) is 0.0933. The molecule has 196 valence electrons. The summed E-state index contributed by atoms with van der Waals surface area (Å²) in [6, 6.07) is 15.1. The van der Waals surface area contributed by atoms with E-state index in [-0.39, 0.29) is 19.5 Å². The standard InChI is InChI=1S/C14H13N4.C6H8N2.CO.F6P.Ru/c1-15-6-8-17(11-15)13-4-3-5-14(10-13)18-9-7-16(2)12-18;7-5-6-3-1-2-4-8-6;1-2;1-7(2,3,4,5)6;/h3-9H,1-2H3;1-4H,5,7H2;;;/q-1;;;-1;+2. The van der Waals surface area contributed by atoms with Gasteiger partial charge in [0.2, 0.25) is 12.7 Å². The second-order valence-corrected chi connectivity index (χ2v) is 8.58. The molecule has 0 spiro atoms. The SMILES string of the molecule is C[n+]1[c-]n(-c2[c-]c(-n3[c-][n+](C)cc3)ccc2)cc1.F[P-](F)(F)(F)(F)F.NCc1ccccn1.[C-]#[O+].[Ru+2]. The van der Waals surface area contributed by atoms with Gasteiger partial charge in [0.05, 0.1) is 19.8 Å². The molecular weight excluding hydrogens is 598 g/mol. The van der Waals surface area contributed by atoms with E-state index in [1.54, 1.807) is 6.20 Å². The van der Waals surface area contributed by atoms with Crippen molar-refractivity contribution in [1.29, 1.82) is 0 Å². The summed E-state index contributed by atoms with van der Waals surface area (Å²) in [6.07, 6.45) is 15.8. The average molecular weight is 619 g/mol. The Balaban J connectivity index is 0.000000572. The number of rotatable bonds is 3. The van der Waals surface area contributed by atoms with Gasteiger partial charge in [0.15, 0.2) is 0 Å². The minimum atomic E-state index is -10.7. The molecule has 0 radical (unpaired) electrons. The molecule has 0 fully saturated rings. The molecule has 15 heteroatoms. The number of aryl methyl sites for hydroxylation is 2. The largest absolute Gasteiger partial charge is 2.00 e. The van der Waals surface area contributed by atoms with E-state index in [0.717, 1.165) is 17.1 Å². The molecular formula is C21H21F6N6OPRu. The van der Waals surface area contributed by atoms with Crippen LogP contribution in [-0.4, -0.2) is 14.1 Å². The molecule has 4 rings (SSSR count). The molecule has 0 saturated heterocycles. The van der Waals surface area contributed by atoms with E-state index in [0.29, 0.717) is 6.54 Å². The van der Waals surface area contributed by atoms with Gasteiger partial charge < -0.3 is 24.0 Å². The van der Waals surface area contributed by atoms with Gasteiger partial charge in [-0.2, -0.15) is 24.3 Å². The molecule has 7 nitrogen and oxygen atoms in total. The molecule has 1 aromatic carbocycles. The summed E-state index contributed by atoms with van der Waals surface area (Å²) in [5.41, 5.74) is 8.14. The Bertz CT molecular complexity index is 1160. The number of hydrogen-bond acceptors (Lipinski definition) is 2. The van der Waals surface area contributed by atoms with Crippen LogP contribution in [0.4, 0.5) is 25.2 Å². The molecule has 3 heterocycles. The van der Waals surface area contributed by atoms with Gasteiger partial charge in [-0.05, 0) is 12.1 Å². The Kier molecular flexibility index (Phi) is 11.9. The first kappa shape index (κ1) is 33.1. The smallest absolute Gasteiger partial charge is 2.00 e.